The van der Waals surface area contributed by atoms with E-state index in [-0.39, 0.29) is 21.3 Å². The van der Waals surface area contributed by atoms with Crippen molar-refractivity contribution in [3.05, 3.63) is 67.9 Å². The number of benzene rings is 2. The fourth-order valence-corrected chi connectivity index (χ4v) is 3.63. The third-order valence-corrected chi connectivity index (χ3v) is 5.18. The number of rotatable bonds is 2. The third-order valence-electron chi connectivity index (χ3n) is 4.60. The first kappa shape index (κ1) is 18.8. The number of ether oxygens (including phenoxy) is 1. The lowest BCUT2D eigenvalue weighted by Crippen LogP contribution is -2.40. The van der Waals surface area contributed by atoms with E-state index >= 15 is 0 Å². The molecule has 0 bridgehead atoms. The van der Waals surface area contributed by atoms with Gasteiger partial charge in [-0.3, -0.25) is 14.2 Å². The number of nitrogens with zero attached hydrogens (tertiary/aromatic N) is 2. The molecule has 0 radical (unpaired) electrons. The maximum Gasteiger partial charge on any atom is 0.266 e. The lowest BCUT2D eigenvalue weighted by atomic mass is 10.1. The summed E-state index contributed by atoms with van der Waals surface area (Å²) in [5, 5.41) is 0.248. The molecule has 0 unspecified atom stereocenters. The van der Waals surface area contributed by atoms with Crippen LogP contribution in [-0.2, 0) is 4.74 Å². The van der Waals surface area contributed by atoms with Crippen LogP contribution in [0.3, 0.4) is 0 Å². The molecule has 4 rings (SSSR count). The zero-order valence-electron chi connectivity index (χ0n) is 14.6. The Morgan fingerprint density at radius 1 is 1.18 bits per heavy atom. The van der Waals surface area contributed by atoms with Gasteiger partial charge in [0, 0.05) is 18.7 Å². The van der Waals surface area contributed by atoms with E-state index in [0.29, 0.717) is 48.5 Å². The summed E-state index contributed by atoms with van der Waals surface area (Å²) in [6.45, 7) is 2.07. The quantitative estimate of drug-likeness (QED) is 0.647. The Labute approximate surface area is 169 Å². The van der Waals surface area contributed by atoms with Gasteiger partial charge >= 0.3 is 0 Å². The summed E-state index contributed by atoms with van der Waals surface area (Å²) < 4.78 is 20.1. The highest BCUT2D eigenvalue weighted by atomic mass is 35.5. The van der Waals surface area contributed by atoms with E-state index in [1.165, 1.54) is 22.8 Å². The molecule has 2 heterocycles. The van der Waals surface area contributed by atoms with Crippen molar-refractivity contribution < 1.29 is 13.9 Å². The fourth-order valence-electron chi connectivity index (χ4n) is 3.16. The predicted molar refractivity (Wildman–Crippen MR) is 106 cm³/mol. The number of aromatic amines is 1. The van der Waals surface area contributed by atoms with Crippen LogP contribution in [0.5, 0.6) is 0 Å². The smallest absolute Gasteiger partial charge is 0.266 e. The van der Waals surface area contributed by atoms with Crippen LogP contribution in [-0.4, -0.2) is 46.7 Å². The van der Waals surface area contributed by atoms with Crippen LogP contribution in [0.15, 0.2) is 41.2 Å². The number of halogens is 2. The minimum absolute atomic E-state index is 0.106. The molecule has 0 saturated carbocycles. The molecule has 1 aromatic heterocycles. The Morgan fingerprint density at radius 2 is 1.93 bits per heavy atom. The van der Waals surface area contributed by atoms with Gasteiger partial charge in [-0.05, 0) is 48.6 Å². The molecular weight excluding hydrogens is 405 g/mol. The van der Waals surface area contributed by atoms with Crippen molar-refractivity contribution in [1.29, 1.82) is 0 Å². The summed E-state index contributed by atoms with van der Waals surface area (Å²) in [4.78, 5) is 30.3. The molecule has 0 atom stereocenters. The molecule has 1 saturated heterocycles. The van der Waals surface area contributed by atoms with E-state index in [2.05, 4.69) is 4.98 Å². The van der Waals surface area contributed by atoms with E-state index in [1.807, 2.05) is 0 Å². The van der Waals surface area contributed by atoms with Crippen molar-refractivity contribution in [2.75, 3.05) is 26.3 Å². The highest BCUT2D eigenvalue weighted by Gasteiger charge is 2.19. The second-order valence-corrected chi connectivity index (χ2v) is 7.13. The number of amides is 1. The van der Waals surface area contributed by atoms with Crippen molar-refractivity contribution in [3.63, 3.8) is 0 Å². The molecule has 28 heavy (non-hydrogen) atoms. The standard InChI is InChI=1S/C19H15ClFN3O3S/c20-14-10-12(2-4-15(14)21)24-18(26)13-3-1-11(9-16(13)22-19(24)28)17(25)23-5-7-27-8-6-23/h1-4,9-10H,5-8H2,(H,22,28). The van der Waals surface area contributed by atoms with Crippen molar-refractivity contribution in [2.45, 2.75) is 0 Å². The molecule has 3 aromatic rings. The first-order valence-corrected chi connectivity index (χ1v) is 9.36. The Bertz CT molecular complexity index is 1200. The zero-order chi connectivity index (χ0) is 19.8. The van der Waals surface area contributed by atoms with Crippen molar-refractivity contribution >= 4 is 40.6 Å². The number of carbonyl (C=O) groups is 1. The van der Waals surface area contributed by atoms with E-state index in [1.54, 1.807) is 23.1 Å². The van der Waals surface area contributed by atoms with E-state index in [4.69, 9.17) is 28.6 Å². The normalized spacial score (nSPS) is 14.4. The average molecular weight is 420 g/mol. The maximum atomic E-state index is 13.4. The zero-order valence-corrected chi connectivity index (χ0v) is 16.1. The summed E-state index contributed by atoms with van der Waals surface area (Å²) in [7, 11) is 0. The van der Waals surface area contributed by atoms with E-state index in [0.717, 1.165) is 0 Å². The topological polar surface area (TPSA) is 67.3 Å². The number of nitrogens with one attached hydrogen (secondary N) is 1. The Balaban J connectivity index is 1.80. The first-order valence-electron chi connectivity index (χ1n) is 8.57. The molecule has 2 aromatic carbocycles. The maximum absolute atomic E-state index is 13.4. The van der Waals surface area contributed by atoms with Crippen LogP contribution in [0.25, 0.3) is 16.6 Å². The van der Waals surface area contributed by atoms with Gasteiger partial charge in [-0.2, -0.15) is 0 Å². The molecule has 1 N–H and O–H groups in total. The van der Waals surface area contributed by atoms with Gasteiger partial charge in [0.25, 0.3) is 11.5 Å². The average Bonchev–Trinajstić information content (AvgIpc) is 2.70. The summed E-state index contributed by atoms with van der Waals surface area (Å²) in [5.74, 6) is -0.709. The van der Waals surface area contributed by atoms with Gasteiger partial charge in [0.05, 0.1) is 34.8 Å². The Hall–Kier alpha value is -2.55. The van der Waals surface area contributed by atoms with Gasteiger partial charge in [0.1, 0.15) is 5.82 Å². The second-order valence-electron chi connectivity index (χ2n) is 6.33. The van der Waals surface area contributed by atoms with E-state index < -0.39 is 5.82 Å². The highest BCUT2D eigenvalue weighted by molar-refractivity contribution is 7.71. The molecular formula is C19H15ClFN3O3S. The van der Waals surface area contributed by atoms with Gasteiger partial charge in [-0.25, -0.2) is 4.39 Å². The van der Waals surface area contributed by atoms with E-state index in [9.17, 15) is 14.0 Å². The lowest BCUT2D eigenvalue weighted by Gasteiger charge is -2.26. The van der Waals surface area contributed by atoms with Crippen molar-refractivity contribution in [1.82, 2.24) is 14.5 Å². The number of hydrogen-bond acceptors (Lipinski definition) is 4. The van der Waals surface area contributed by atoms with Crippen LogP contribution < -0.4 is 5.56 Å². The predicted octanol–water partition coefficient (Wildman–Crippen LogP) is 3.31. The molecule has 6 nitrogen and oxygen atoms in total. The second kappa shape index (κ2) is 7.46. The molecule has 1 fully saturated rings. The molecule has 9 heteroatoms. The van der Waals surface area contributed by atoms with Crippen LogP contribution in [0, 0.1) is 10.6 Å². The molecule has 1 amide bonds. The van der Waals surface area contributed by atoms with Crippen LogP contribution >= 0.6 is 23.8 Å². The molecule has 144 valence electrons. The van der Waals surface area contributed by atoms with Crippen LogP contribution in [0.2, 0.25) is 5.02 Å². The Kier molecular flexibility index (Phi) is 5.01. The molecule has 1 aliphatic rings. The molecule has 1 aliphatic heterocycles. The third kappa shape index (κ3) is 3.34. The van der Waals surface area contributed by atoms with Gasteiger partial charge in [0.2, 0.25) is 0 Å². The highest BCUT2D eigenvalue weighted by Crippen LogP contribution is 2.20. The number of carbonyl (C=O) groups excluding carboxylic acids is 1. The largest absolute Gasteiger partial charge is 0.378 e. The van der Waals surface area contributed by atoms with Crippen LogP contribution in [0.1, 0.15) is 10.4 Å². The van der Waals surface area contributed by atoms with Gasteiger partial charge < -0.3 is 14.6 Å². The summed E-state index contributed by atoms with van der Waals surface area (Å²) in [6, 6.07) is 8.75. The molecule has 0 aliphatic carbocycles. The fraction of sp³-hybridized carbons (Fsp3) is 0.211. The SMILES string of the molecule is O=C(c1ccc2c(=O)n(-c3ccc(F)c(Cl)c3)c(=S)[nH]c2c1)N1CCOCC1. The molecule has 0 spiro atoms. The van der Waals surface area contributed by atoms with Gasteiger partial charge in [0.15, 0.2) is 4.77 Å². The lowest BCUT2D eigenvalue weighted by molar-refractivity contribution is 0.0303. The van der Waals surface area contributed by atoms with Crippen molar-refractivity contribution in [3.8, 4) is 5.69 Å². The van der Waals surface area contributed by atoms with Crippen LogP contribution in [0.4, 0.5) is 4.39 Å². The van der Waals surface area contributed by atoms with Crippen molar-refractivity contribution in [2.24, 2.45) is 0 Å². The van der Waals surface area contributed by atoms with Gasteiger partial charge in [-0.15, -0.1) is 0 Å². The number of hydrogen-bond donors (Lipinski definition) is 1. The number of aromatic nitrogens is 2. The summed E-state index contributed by atoms with van der Waals surface area (Å²) in [5.41, 5.74) is 0.889. The first-order chi connectivity index (χ1) is 13.5. The summed E-state index contributed by atoms with van der Waals surface area (Å²) in [6.07, 6.45) is 0. The number of fused-ring (bicyclic) bond motifs is 1. The summed E-state index contributed by atoms with van der Waals surface area (Å²) >= 11 is 11.1. The minimum atomic E-state index is -0.583. The number of morpholine rings is 1. The van der Waals surface area contributed by atoms with Gasteiger partial charge in [-0.1, -0.05) is 11.6 Å². The monoisotopic (exact) mass is 419 g/mol. The number of H-pyrrole nitrogens is 1. The Morgan fingerprint density at radius 3 is 2.64 bits per heavy atom. The minimum Gasteiger partial charge on any atom is -0.378 e.